The van der Waals surface area contributed by atoms with E-state index in [0.717, 1.165) is 64.8 Å². The van der Waals surface area contributed by atoms with Crippen LogP contribution in [0.3, 0.4) is 0 Å². The Morgan fingerprint density at radius 2 is 0.878 bits per heavy atom. The molecule has 4 nitrogen and oxygen atoms in total. The van der Waals surface area contributed by atoms with Gasteiger partial charge in [-0.05, 0) is 79.7 Å². The van der Waals surface area contributed by atoms with Gasteiger partial charge in [-0.2, -0.15) is 0 Å². The molecule has 250 valence electrons. The number of aromatic hydroxyl groups is 2. The zero-order valence-electron chi connectivity index (χ0n) is 28.6. The van der Waals surface area contributed by atoms with Crippen molar-refractivity contribution in [3.05, 3.63) is 156 Å². The van der Waals surface area contributed by atoms with Crippen LogP contribution in [0, 0.1) is 5.92 Å². The molecule has 2 saturated heterocycles. The maximum absolute atomic E-state index is 11.0. The Bertz CT molecular complexity index is 1960. The van der Waals surface area contributed by atoms with Crippen LogP contribution < -0.4 is 0 Å². The molecular formula is C45H48N2O2. The van der Waals surface area contributed by atoms with Crippen molar-refractivity contribution in [2.45, 2.75) is 51.1 Å². The lowest BCUT2D eigenvalue weighted by atomic mass is 9.90. The minimum absolute atomic E-state index is 0.110. The topological polar surface area (TPSA) is 46.9 Å². The van der Waals surface area contributed by atoms with Gasteiger partial charge in [0.2, 0.25) is 0 Å². The lowest BCUT2D eigenvalue weighted by molar-refractivity contribution is 0.156. The minimum Gasteiger partial charge on any atom is -0.507 e. The molecule has 2 aliphatic heterocycles. The van der Waals surface area contributed by atoms with E-state index in [0.29, 0.717) is 11.5 Å². The second-order valence-electron chi connectivity index (χ2n) is 13.9. The Labute approximate surface area is 291 Å². The van der Waals surface area contributed by atoms with Crippen molar-refractivity contribution >= 4 is 21.5 Å². The predicted molar refractivity (Wildman–Crippen MR) is 203 cm³/mol. The van der Waals surface area contributed by atoms with Gasteiger partial charge >= 0.3 is 0 Å². The highest BCUT2D eigenvalue weighted by atomic mass is 16.3. The van der Waals surface area contributed by atoms with Gasteiger partial charge in [0, 0.05) is 21.9 Å². The number of nitrogens with zero attached hydrogens (tertiary/aromatic N) is 2. The van der Waals surface area contributed by atoms with Gasteiger partial charge in [-0.25, -0.2) is 0 Å². The molecule has 2 unspecified atom stereocenters. The third kappa shape index (κ3) is 7.22. The van der Waals surface area contributed by atoms with Crippen molar-refractivity contribution in [1.82, 2.24) is 9.80 Å². The SMILES string of the molecule is CC1CCN(C(c2ccccc2)c2ccc3ccccc3c2O)CC1.Oc1c(C(c2ccccc2)N2CCCCC2)ccc2ccccc12. The molecule has 2 fully saturated rings. The molecule has 8 rings (SSSR count). The first-order chi connectivity index (χ1) is 24.1. The first-order valence-corrected chi connectivity index (χ1v) is 18.1. The van der Waals surface area contributed by atoms with Gasteiger partial charge in [0.05, 0.1) is 12.1 Å². The second-order valence-corrected chi connectivity index (χ2v) is 13.9. The maximum Gasteiger partial charge on any atom is 0.128 e. The number of likely N-dealkylation sites (tertiary alicyclic amines) is 2. The van der Waals surface area contributed by atoms with Crippen molar-refractivity contribution in [2.24, 2.45) is 5.92 Å². The van der Waals surface area contributed by atoms with Crippen LogP contribution in [-0.4, -0.2) is 46.2 Å². The Morgan fingerprint density at radius 3 is 1.35 bits per heavy atom. The summed E-state index contributed by atoms with van der Waals surface area (Å²) in [6, 6.07) is 46.0. The normalized spacial score (nSPS) is 17.3. The minimum atomic E-state index is 0.110. The van der Waals surface area contributed by atoms with Crippen molar-refractivity contribution in [3.8, 4) is 11.5 Å². The van der Waals surface area contributed by atoms with Gasteiger partial charge in [-0.1, -0.05) is 147 Å². The average molecular weight is 649 g/mol. The van der Waals surface area contributed by atoms with Gasteiger partial charge in [-0.15, -0.1) is 0 Å². The molecule has 0 spiro atoms. The fraction of sp³-hybridized carbons (Fsp3) is 0.289. The fourth-order valence-electron chi connectivity index (χ4n) is 7.89. The van der Waals surface area contributed by atoms with E-state index in [1.54, 1.807) is 0 Å². The van der Waals surface area contributed by atoms with Gasteiger partial charge in [0.25, 0.3) is 0 Å². The predicted octanol–water partition coefficient (Wildman–Crippen LogP) is 10.5. The molecule has 0 bridgehead atoms. The van der Waals surface area contributed by atoms with Crippen LogP contribution in [0.2, 0.25) is 0 Å². The molecule has 2 N–H and O–H groups in total. The quantitative estimate of drug-likeness (QED) is 0.189. The summed E-state index contributed by atoms with van der Waals surface area (Å²) >= 11 is 0. The van der Waals surface area contributed by atoms with E-state index in [-0.39, 0.29) is 12.1 Å². The van der Waals surface area contributed by atoms with E-state index in [4.69, 9.17) is 0 Å². The molecule has 0 aliphatic carbocycles. The van der Waals surface area contributed by atoms with Gasteiger partial charge in [-0.3, -0.25) is 9.80 Å². The Kier molecular flexibility index (Phi) is 10.3. The third-order valence-electron chi connectivity index (χ3n) is 10.6. The zero-order valence-corrected chi connectivity index (χ0v) is 28.6. The molecule has 2 atom stereocenters. The summed E-state index contributed by atoms with van der Waals surface area (Å²) in [6.45, 7) is 6.67. The Hall–Kier alpha value is -4.64. The number of fused-ring (bicyclic) bond motifs is 2. The third-order valence-corrected chi connectivity index (χ3v) is 10.6. The van der Waals surface area contributed by atoms with E-state index >= 15 is 0 Å². The molecule has 49 heavy (non-hydrogen) atoms. The number of hydrogen-bond donors (Lipinski definition) is 2. The summed E-state index contributed by atoms with van der Waals surface area (Å²) in [5.41, 5.74) is 4.54. The second kappa shape index (κ2) is 15.3. The lowest BCUT2D eigenvalue weighted by Crippen LogP contribution is -2.36. The summed E-state index contributed by atoms with van der Waals surface area (Å²) in [5.74, 6) is 1.64. The summed E-state index contributed by atoms with van der Waals surface area (Å²) in [5, 5.41) is 26.1. The highest BCUT2D eigenvalue weighted by Crippen LogP contribution is 2.41. The van der Waals surface area contributed by atoms with Gasteiger partial charge < -0.3 is 10.2 Å². The van der Waals surface area contributed by atoms with Crippen LogP contribution in [-0.2, 0) is 0 Å². The molecule has 2 heterocycles. The van der Waals surface area contributed by atoms with E-state index < -0.39 is 0 Å². The molecule has 0 amide bonds. The van der Waals surface area contributed by atoms with Crippen LogP contribution in [0.25, 0.3) is 21.5 Å². The summed E-state index contributed by atoms with van der Waals surface area (Å²) in [7, 11) is 0. The van der Waals surface area contributed by atoms with E-state index in [2.05, 4.69) is 114 Å². The number of phenols is 2. The standard InChI is InChI=1S/C23H25NO.C22H23NO/c1-17-13-15-24(16-14-17)22(19-8-3-2-4-9-19)21-12-11-18-7-5-6-10-20(18)23(21)25;24-22-19-12-6-5-9-17(19)13-14-20(22)21(18-10-3-1-4-11-18)23-15-7-2-8-16-23/h2-12,17,22,25H,13-16H2,1H3;1,3-6,9-14,21,24H,2,7-8,15-16H2. The first kappa shape index (κ1) is 32.9. The molecular weight excluding hydrogens is 601 g/mol. The van der Waals surface area contributed by atoms with Crippen LogP contribution in [0.1, 0.15) is 73.4 Å². The van der Waals surface area contributed by atoms with Crippen LogP contribution in [0.15, 0.2) is 133 Å². The average Bonchev–Trinajstić information content (AvgIpc) is 3.16. The highest BCUT2D eigenvalue weighted by Gasteiger charge is 2.29. The number of benzene rings is 6. The number of phenolic OH excluding ortho intramolecular Hbond substituents is 2. The van der Waals surface area contributed by atoms with Crippen molar-refractivity contribution < 1.29 is 10.2 Å². The summed E-state index contributed by atoms with van der Waals surface area (Å²) in [4.78, 5) is 5.04. The molecule has 0 aromatic heterocycles. The number of rotatable bonds is 6. The van der Waals surface area contributed by atoms with Crippen LogP contribution >= 0.6 is 0 Å². The van der Waals surface area contributed by atoms with Gasteiger partial charge in [0.1, 0.15) is 11.5 Å². The molecule has 6 aromatic rings. The highest BCUT2D eigenvalue weighted by molar-refractivity contribution is 5.90. The summed E-state index contributed by atoms with van der Waals surface area (Å²) in [6.07, 6.45) is 6.21. The molecule has 6 aromatic carbocycles. The number of piperidine rings is 2. The Balaban J connectivity index is 0.000000154. The van der Waals surface area contributed by atoms with Crippen molar-refractivity contribution in [3.63, 3.8) is 0 Å². The Morgan fingerprint density at radius 1 is 0.469 bits per heavy atom. The number of hydrogen-bond acceptors (Lipinski definition) is 4. The molecule has 0 saturated carbocycles. The maximum atomic E-state index is 11.0. The fourth-order valence-corrected chi connectivity index (χ4v) is 7.89. The van der Waals surface area contributed by atoms with Crippen LogP contribution in [0.5, 0.6) is 11.5 Å². The molecule has 2 aliphatic rings. The molecule has 0 radical (unpaired) electrons. The zero-order chi connectivity index (χ0) is 33.6. The first-order valence-electron chi connectivity index (χ1n) is 18.1. The summed E-state index contributed by atoms with van der Waals surface area (Å²) < 4.78 is 0. The van der Waals surface area contributed by atoms with Crippen molar-refractivity contribution in [2.75, 3.05) is 26.2 Å². The monoisotopic (exact) mass is 648 g/mol. The van der Waals surface area contributed by atoms with E-state index in [9.17, 15) is 10.2 Å². The smallest absolute Gasteiger partial charge is 0.128 e. The van der Waals surface area contributed by atoms with E-state index in [1.807, 2.05) is 36.4 Å². The van der Waals surface area contributed by atoms with Crippen molar-refractivity contribution in [1.29, 1.82) is 0 Å². The van der Waals surface area contributed by atoms with E-state index in [1.165, 1.54) is 43.2 Å². The largest absolute Gasteiger partial charge is 0.507 e. The lowest BCUT2D eigenvalue weighted by Gasteiger charge is -2.37. The molecule has 4 heteroatoms. The van der Waals surface area contributed by atoms with Crippen LogP contribution in [0.4, 0.5) is 0 Å². The van der Waals surface area contributed by atoms with Gasteiger partial charge in [0.15, 0.2) is 0 Å².